The summed E-state index contributed by atoms with van der Waals surface area (Å²) in [5.41, 5.74) is 1.34. The summed E-state index contributed by atoms with van der Waals surface area (Å²) in [5.74, 6) is -1.21. The molecule has 0 spiro atoms. The van der Waals surface area contributed by atoms with Crippen LogP contribution in [0.15, 0.2) is 57.8 Å². The molecule has 9 heteroatoms. The topological polar surface area (TPSA) is 103 Å². The molecule has 2 aromatic carbocycles. The summed E-state index contributed by atoms with van der Waals surface area (Å²) in [4.78, 5) is 25.5. The number of fused-ring (bicyclic) bond motifs is 1. The Morgan fingerprint density at radius 3 is 2.38 bits per heavy atom. The molecule has 4 rings (SSSR count). The first-order chi connectivity index (χ1) is 16.3. The number of Topliss-reactive ketones (excluding diaryl/α,β-unsaturated/α-hetero) is 1. The lowest BCUT2D eigenvalue weighted by Crippen LogP contribution is -2.27. The van der Waals surface area contributed by atoms with E-state index in [1.54, 1.807) is 12.1 Å². The molecule has 0 bridgehead atoms. The first kappa shape index (κ1) is 24.1. The fourth-order valence-electron chi connectivity index (χ4n) is 3.83. The predicted molar refractivity (Wildman–Crippen MR) is 125 cm³/mol. The van der Waals surface area contributed by atoms with E-state index in [1.165, 1.54) is 28.6 Å². The van der Waals surface area contributed by atoms with Gasteiger partial charge in [0, 0.05) is 29.6 Å². The molecule has 3 aromatic rings. The zero-order valence-corrected chi connectivity index (χ0v) is 20.0. The Balaban J connectivity index is 1.44. The highest BCUT2D eigenvalue weighted by molar-refractivity contribution is 7.89. The molecule has 34 heavy (non-hydrogen) atoms. The van der Waals surface area contributed by atoms with E-state index < -0.39 is 28.4 Å². The zero-order chi connectivity index (χ0) is 24.3. The van der Waals surface area contributed by atoms with Gasteiger partial charge in [-0.05, 0) is 57.0 Å². The van der Waals surface area contributed by atoms with Crippen LogP contribution in [0.25, 0.3) is 11.0 Å². The van der Waals surface area contributed by atoms with E-state index in [0.29, 0.717) is 24.2 Å². The molecular formula is C25H27NO7S. The van der Waals surface area contributed by atoms with Crippen LogP contribution >= 0.6 is 0 Å². The van der Waals surface area contributed by atoms with Gasteiger partial charge in [0.05, 0.1) is 17.6 Å². The number of carbonyl (C=O) groups excluding carboxylic acids is 2. The molecule has 1 aliphatic rings. The molecule has 0 amide bonds. The van der Waals surface area contributed by atoms with Crippen LogP contribution in [-0.2, 0) is 26.1 Å². The highest BCUT2D eigenvalue weighted by Gasteiger charge is 2.27. The van der Waals surface area contributed by atoms with Crippen molar-refractivity contribution >= 4 is 32.7 Å². The molecule has 1 fully saturated rings. The second-order valence-corrected chi connectivity index (χ2v) is 10.3. The maximum atomic E-state index is 12.7. The number of nitrogens with zero attached hydrogens (tertiary/aromatic N) is 1. The summed E-state index contributed by atoms with van der Waals surface area (Å²) in [6.45, 7) is 4.45. The summed E-state index contributed by atoms with van der Waals surface area (Å²) < 4.78 is 43.3. The van der Waals surface area contributed by atoms with Gasteiger partial charge in [-0.2, -0.15) is 4.31 Å². The quantitative estimate of drug-likeness (QED) is 0.331. The van der Waals surface area contributed by atoms with Gasteiger partial charge in [-0.1, -0.05) is 18.2 Å². The third-order valence-electron chi connectivity index (χ3n) is 5.66. The lowest BCUT2D eigenvalue weighted by molar-refractivity contribution is 0.0423. The monoisotopic (exact) mass is 485 g/mol. The van der Waals surface area contributed by atoms with Crippen LogP contribution in [0.1, 0.15) is 53.2 Å². The summed E-state index contributed by atoms with van der Waals surface area (Å²) >= 11 is 0. The maximum Gasteiger partial charge on any atom is 0.375 e. The van der Waals surface area contributed by atoms with Crippen LogP contribution < -0.4 is 0 Å². The van der Waals surface area contributed by atoms with Crippen LogP contribution in [0, 0.1) is 0 Å². The lowest BCUT2D eigenvalue weighted by atomic mass is 10.1. The number of hydrogen-bond acceptors (Lipinski definition) is 7. The molecule has 1 aromatic heterocycles. The minimum Gasteiger partial charge on any atom is -0.451 e. The van der Waals surface area contributed by atoms with Crippen molar-refractivity contribution in [2.24, 2.45) is 0 Å². The molecule has 0 radical (unpaired) electrons. The molecule has 180 valence electrons. The van der Waals surface area contributed by atoms with Crippen molar-refractivity contribution in [1.29, 1.82) is 0 Å². The summed E-state index contributed by atoms with van der Waals surface area (Å²) in [7, 11) is -3.56. The molecule has 0 atom stereocenters. The number of sulfonamides is 1. The average Bonchev–Trinajstić information content (AvgIpc) is 3.50. The van der Waals surface area contributed by atoms with Gasteiger partial charge < -0.3 is 13.9 Å². The lowest BCUT2D eigenvalue weighted by Gasteiger charge is -2.15. The average molecular weight is 486 g/mol. The number of furan rings is 1. The van der Waals surface area contributed by atoms with Crippen LogP contribution in [0.2, 0.25) is 0 Å². The number of para-hydroxylation sites is 1. The van der Waals surface area contributed by atoms with E-state index in [2.05, 4.69) is 0 Å². The standard InChI is InChI=1S/C25H27NO7S/c1-17(2)31-15-21-20-7-3-4-8-23(20)33-24(21)25(28)32-16-22(27)18-9-11-19(12-10-18)34(29,30)26-13-5-6-14-26/h3-4,7-12,17H,5-6,13-16H2,1-2H3. The molecule has 0 N–H and O–H groups in total. The van der Waals surface area contributed by atoms with Crippen molar-refractivity contribution in [3.8, 4) is 0 Å². The molecule has 0 saturated carbocycles. The fourth-order valence-corrected chi connectivity index (χ4v) is 5.34. The normalized spacial score (nSPS) is 14.7. The van der Waals surface area contributed by atoms with Gasteiger partial charge in [0.15, 0.2) is 12.4 Å². The Labute approximate surface area is 198 Å². The van der Waals surface area contributed by atoms with E-state index >= 15 is 0 Å². The minimum atomic E-state index is -3.56. The van der Waals surface area contributed by atoms with Crippen LogP contribution in [0.4, 0.5) is 0 Å². The number of esters is 1. The van der Waals surface area contributed by atoms with E-state index in [0.717, 1.165) is 18.2 Å². The van der Waals surface area contributed by atoms with Crippen LogP contribution in [0.5, 0.6) is 0 Å². The highest BCUT2D eigenvalue weighted by atomic mass is 32.2. The first-order valence-electron chi connectivity index (χ1n) is 11.2. The molecule has 1 aliphatic heterocycles. The smallest absolute Gasteiger partial charge is 0.375 e. The summed E-state index contributed by atoms with van der Waals surface area (Å²) in [6, 6.07) is 12.9. The maximum absolute atomic E-state index is 12.7. The van der Waals surface area contributed by atoms with Gasteiger partial charge in [-0.3, -0.25) is 4.79 Å². The molecular weight excluding hydrogens is 458 g/mol. The minimum absolute atomic E-state index is 0.00158. The Hall–Kier alpha value is -3.01. The number of hydrogen-bond donors (Lipinski definition) is 0. The van der Waals surface area contributed by atoms with Crippen molar-refractivity contribution in [1.82, 2.24) is 4.31 Å². The Kier molecular flexibility index (Phi) is 7.16. The van der Waals surface area contributed by atoms with Gasteiger partial charge in [0.2, 0.25) is 15.8 Å². The summed E-state index contributed by atoms with van der Waals surface area (Å²) in [6.07, 6.45) is 1.64. The van der Waals surface area contributed by atoms with E-state index in [4.69, 9.17) is 13.9 Å². The van der Waals surface area contributed by atoms with Crippen LogP contribution in [0.3, 0.4) is 0 Å². The molecule has 0 unspecified atom stereocenters. The van der Waals surface area contributed by atoms with Gasteiger partial charge in [-0.25, -0.2) is 13.2 Å². The van der Waals surface area contributed by atoms with Gasteiger partial charge >= 0.3 is 5.97 Å². The fraction of sp³-hybridized carbons (Fsp3) is 0.360. The van der Waals surface area contributed by atoms with E-state index in [9.17, 15) is 18.0 Å². The van der Waals surface area contributed by atoms with E-state index in [1.807, 2.05) is 26.0 Å². The SMILES string of the molecule is CC(C)OCc1c(C(=O)OCC(=O)c2ccc(S(=O)(=O)N3CCCC3)cc2)oc2ccccc12. The number of ether oxygens (including phenoxy) is 2. The molecule has 0 aliphatic carbocycles. The van der Waals surface area contributed by atoms with Gasteiger partial charge in [0.25, 0.3) is 0 Å². The molecule has 1 saturated heterocycles. The second kappa shape index (κ2) is 10.1. The van der Waals surface area contributed by atoms with Crippen molar-refractivity contribution < 1.29 is 31.9 Å². The molecule has 2 heterocycles. The van der Waals surface area contributed by atoms with E-state index in [-0.39, 0.29) is 28.9 Å². The highest BCUT2D eigenvalue weighted by Crippen LogP contribution is 2.28. The van der Waals surface area contributed by atoms with Crippen molar-refractivity contribution in [3.63, 3.8) is 0 Å². The van der Waals surface area contributed by atoms with Gasteiger partial charge in [-0.15, -0.1) is 0 Å². The van der Waals surface area contributed by atoms with Crippen LogP contribution in [-0.4, -0.2) is 50.3 Å². The number of benzene rings is 2. The Morgan fingerprint density at radius 2 is 1.71 bits per heavy atom. The third kappa shape index (κ3) is 5.06. The molecule has 8 nitrogen and oxygen atoms in total. The van der Waals surface area contributed by atoms with Crippen molar-refractivity contribution in [2.45, 2.75) is 44.3 Å². The van der Waals surface area contributed by atoms with Crippen molar-refractivity contribution in [3.05, 3.63) is 65.4 Å². The number of carbonyl (C=O) groups is 2. The third-order valence-corrected chi connectivity index (χ3v) is 7.57. The van der Waals surface area contributed by atoms with Crippen molar-refractivity contribution in [2.75, 3.05) is 19.7 Å². The first-order valence-corrected chi connectivity index (χ1v) is 12.6. The second-order valence-electron chi connectivity index (χ2n) is 8.40. The zero-order valence-electron chi connectivity index (χ0n) is 19.2. The number of ketones is 1. The van der Waals surface area contributed by atoms with Gasteiger partial charge in [0.1, 0.15) is 5.58 Å². The Bertz CT molecular complexity index is 1290. The predicted octanol–water partition coefficient (Wildman–Crippen LogP) is 4.18. The largest absolute Gasteiger partial charge is 0.451 e. The Morgan fingerprint density at radius 1 is 1.03 bits per heavy atom. The summed E-state index contributed by atoms with van der Waals surface area (Å²) in [5, 5.41) is 0.747. The number of rotatable bonds is 9.